The second kappa shape index (κ2) is 43.8. The highest BCUT2D eigenvalue weighted by Crippen LogP contribution is 2.32. The number of hydrogen-bond donors (Lipinski definition) is 0. The zero-order valence-electron chi connectivity index (χ0n) is 44.6. The van der Waals surface area contributed by atoms with Crippen LogP contribution in [0.1, 0.15) is 0 Å². The molecule has 0 aliphatic carbocycles. The Bertz CT molecular complexity index is 2730. The van der Waals surface area contributed by atoms with E-state index in [1.807, 2.05) is 92.8 Å². The van der Waals surface area contributed by atoms with E-state index in [0.29, 0.717) is 0 Å². The highest BCUT2D eigenvalue weighted by atomic mass is 127. The molecule has 25 heteroatoms. The van der Waals surface area contributed by atoms with Crippen LogP contribution in [0, 0.1) is 17.0 Å². The van der Waals surface area contributed by atoms with E-state index in [1.54, 1.807) is 0 Å². The molecule has 4 radical (unpaired) electrons. The topological polar surface area (TPSA) is 44.6 Å². The van der Waals surface area contributed by atoms with Crippen LogP contribution in [0.25, 0.3) is 0 Å². The van der Waals surface area contributed by atoms with Crippen molar-refractivity contribution in [2.45, 2.75) is 0 Å². The molecule has 9 rings (SSSR count). The van der Waals surface area contributed by atoms with Gasteiger partial charge in [-0.1, -0.05) is 18.2 Å². The van der Waals surface area contributed by atoms with Gasteiger partial charge in [0, 0.05) is 72.8 Å². The second-order valence-electron chi connectivity index (χ2n) is 16.4. The molecule has 9 aromatic rings. The van der Waals surface area contributed by atoms with E-state index in [1.165, 1.54) is 0 Å². The summed E-state index contributed by atoms with van der Waals surface area (Å²) < 4.78 is 18.7. The SMILES string of the molecule is C[n+]1ccc(N(c2ccc[n+](C)c2)c2cccc[n+]2C)cc1.C[n+]1ccc(N(c2ccc[n+](C)c2)c2cccc[n+]2C)cc1.C[n+]1ccc(N(c2ccc[n+](C)c2)c2cccc[n+]2C)cc1.[Br+].[Cl-].[Cl-].[Cl-].[Cl-].[Cl-].[Cl-].[Cl-].[Cl-].[Cl-].[Cl-].[Cl-].[I+]. The van der Waals surface area contributed by atoms with E-state index < -0.39 is 0 Å². The first-order valence-electron chi connectivity index (χ1n) is 21.9. The average molecular weight is 1480 g/mol. The lowest BCUT2D eigenvalue weighted by Gasteiger charge is -2.16. The van der Waals surface area contributed by atoms with Gasteiger partial charge < -0.3 is 136 Å². The lowest BCUT2D eigenvalue weighted by atomic mass is 10.2. The van der Waals surface area contributed by atoms with Crippen molar-refractivity contribution < 1.29 is 219 Å². The van der Waals surface area contributed by atoms with Crippen molar-refractivity contribution in [2.75, 3.05) is 14.7 Å². The summed E-state index contributed by atoms with van der Waals surface area (Å²) in [5.74, 6) is 3.34. The van der Waals surface area contributed by atoms with E-state index in [9.17, 15) is 0 Å². The van der Waals surface area contributed by atoms with Crippen LogP contribution in [0.2, 0.25) is 0 Å². The van der Waals surface area contributed by atoms with Crippen molar-refractivity contribution in [1.82, 2.24) is 0 Å². The van der Waals surface area contributed by atoms with Crippen molar-refractivity contribution in [3.63, 3.8) is 0 Å². The minimum Gasteiger partial charge on any atom is -1.00 e. The number of rotatable bonds is 9. The monoisotopic (exact) mass is 1470 g/mol. The van der Waals surface area contributed by atoms with Crippen LogP contribution in [-0.2, 0) is 63.4 Å². The average Bonchev–Trinajstić information content (AvgIpc) is 3.31. The molecule has 9 heterocycles. The molecule has 0 aliphatic heterocycles. The summed E-state index contributed by atoms with van der Waals surface area (Å²) in [4.78, 5) is 6.75. The molecule has 12 nitrogen and oxygen atoms in total. The number of aryl methyl sites for hydroxylation is 9. The summed E-state index contributed by atoms with van der Waals surface area (Å²) in [5.41, 5.74) is 6.77. The molecule has 9 aromatic heterocycles. The van der Waals surface area contributed by atoms with Crippen LogP contribution >= 0.6 is 0 Å². The number of halogens is 13. The van der Waals surface area contributed by atoms with Crippen molar-refractivity contribution in [1.29, 1.82) is 0 Å². The van der Waals surface area contributed by atoms with Crippen molar-refractivity contribution in [3.8, 4) is 0 Å². The first kappa shape index (κ1) is 89.0. The summed E-state index contributed by atoms with van der Waals surface area (Å²) in [6, 6.07) is 44.0. The van der Waals surface area contributed by atoms with Gasteiger partial charge in [0.15, 0.2) is 72.8 Å². The Labute approximate surface area is 563 Å². The molecule has 0 saturated carbocycles. The summed E-state index contributed by atoms with van der Waals surface area (Å²) in [7, 11) is 18.4. The van der Waals surface area contributed by atoms with Crippen LogP contribution in [0.5, 0.6) is 0 Å². The first-order valence-corrected chi connectivity index (χ1v) is 21.9. The number of anilines is 9. The minimum atomic E-state index is 0. The standard InChI is InChI=1S/3C18H21N4.Br.11ClH.I/c3*1-19-13-9-16(10-14-19)22(17-7-6-11-20(2)15-17)18-8-4-5-12-21(18)3;;;;;;;;;;;;;/h3*4-15H,1-3H3;;11*1H;/q3*+3;+1;;;;;;;;;;;;+1/p-11. The van der Waals surface area contributed by atoms with Gasteiger partial charge in [0.25, 0.3) is 17.5 Å². The fourth-order valence-electron chi connectivity index (χ4n) is 7.52. The van der Waals surface area contributed by atoms with E-state index in [0.717, 1.165) is 51.6 Å². The van der Waals surface area contributed by atoms with Gasteiger partial charge in [0.05, 0.1) is 39.7 Å². The van der Waals surface area contributed by atoms with Gasteiger partial charge in [0.2, 0.25) is 18.6 Å². The molecule has 0 fully saturated rings. The van der Waals surface area contributed by atoms with Crippen molar-refractivity contribution >= 4 is 51.6 Å². The Kier molecular flexibility index (Phi) is 49.4. The first-order chi connectivity index (χ1) is 31.9. The molecule has 0 bridgehead atoms. The summed E-state index contributed by atoms with van der Waals surface area (Å²) >= 11 is 0. The Hall–Kier alpha value is -3.85. The maximum atomic E-state index is 2.25. The fraction of sp³-hybridized carbons (Fsp3) is 0.167. The molecule has 0 spiro atoms. The number of nitrogens with zero attached hydrogens (tertiary/aromatic N) is 12. The van der Waals surface area contributed by atoms with Gasteiger partial charge in [0.1, 0.15) is 59.3 Å². The number of aromatic nitrogens is 9. The molecule has 0 saturated heterocycles. The van der Waals surface area contributed by atoms with Gasteiger partial charge >= 0.3 is 41.0 Å². The third-order valence-corrected chi connectivity index (χ3v) is 11.0. The fourth-order valence-corrected chi connectivity index (χ4v) is 7.52. The Balaban J connectivity index is -0.000000182. The van der Waals surface area contributed by atoms with Gasteiger partial charge in [-0.2, -0.15) is 14.7 Å². The molecule has 79 heavy (non-hydrogen) atoms. The molecule has 0 N–H and O–H groups in total. The Morgan fingerprint density at radius 3 is 0.633 bits per heavy atom. The van der Waals surface area contributed by atoms with E-state index in [-0.39, 0.29) is 177 Å². The smallest absolute Gasteiger partial charge is 1.00 e. The molecule has 0 atom stereocenters. The maximum Gasteiger partial charge on any atom is 1.00 e. The van der Waals surface area contributed by atoms with Crippen LogP contribution < -0.4 is 216 Å². The van der Waals surface area contributed by atoms with Crippen molar-refractivity contribution in [3.05, 3.63) is 220 Å². The van der Waals surface area contributed by atoms with Crippen LogP contribution in [0.4, 0.5) is 51.6 Å². The van der Waals surface area contributed by atoms with Gasteiger partial charge in [-0.05, 0) is 36.4 Å². The largest absolute Gasteiger partial charge is 1.00 e. The molecule has 0 aromatic carbocycles. The second-order valence-corrected chi connectivity index (χ2v) is 16.4. The van der Waals surface area contributed by atoms with E-state index in [2.05, 4.69) is 247 Å². The number of hydrogen-bond acceptors (Lipinski definition) is 3. The Morgan fingerprint density at radius 1 is 0.228 bits per heavy atom. The molecule has 0 amide bonds. The molecular formula is C54H63BrCl11IN12. The van der Waals surface area contributed by atoms with Crippen LogP contribution in [0.3, 0.4) is 0 Å². The predicted octanol–water partition coefficient (Wildman–Crippen LogP) is -31.1. The van der Waals surface area contributed by atoms with E-state index >= 15 is 0 Å². The summed E-state index contributed by atoms with van der Waals surface area (Å²) in [6.07, 6.45) is 31.1. The van der Waals surface area contributed by atoms with Crippen LogP contribution in [0.15, 0.2) is 220 Å². The summed E-state index contributed by atoms with van der Waals surface area (Å²) in [6.45, 7) is 0. The van der Waals surface area contributed by atoms with Crippen LogP contribution in [-0.4, -0.2) is 0 Å². The normalized spacial score (nSPS) is 8.77. The zero-order valence-corrected chi connectivity index (χ0v) is 56.6. The van der Waals surface area contributed by atoms with E-state index in [4.69, 9.17) is 0 Å². The minimum absolute atomic E-state index is 0. The van der Waals surface area contributed by atoms with Gasteiger partial charge in [-0.25, -0.2) is 41.1 Å². The molecule has 430 valence electrons. The molecular weight excluding hydrogens is 1410 g/mol. The molecule has 0 aliphatic rings. The lowest BCUT2D eigenvalue weighted by Crippen LogP contribution is -3.00. The quantitative estimate of drug-likeness (QED) is 0.107. The third kappa shape index (κ3) is 24.6. The van der Waals surface area contributed by atoms with Gasteiger partial charge in [-0.3, -0.25) is 0 Å². The highest BCUT2D eigenvalue weighted by molar-refractivity contribution is 5.73. The lowest BCUT2D eigenvalue weighted by molar-refractivity contribution is -0.671. The van der Waals surface area contributed by atoms with Gasteiger partial charge in [-0.15, -0.1) is 0 Å². The maximum absolute atomic E-state index is 2.25. The zero-order chi connectivity index (χ0) is 46.6. The van der Waals surface area contributed by atoms with Crippen molar-refractivity contribution in [2.24, 2.45) is 63.4 Å². The molecule has 0 unspecified atom stereocenters. The Morgan fingerprint density at radius 2 is 0.443 bits per heavy atom. The summed E-state index contributed by atoms with van der Waals surface area (Å²) in [5, 5.41) is 0. The highest BCUT2D eigenvalue weighted by Gasteiger charge is 2.28. The third-order valence-electron chi connectivity index (χ3n) is 11.0. The number of pyridine rings is 9. The predicted molar refractivity (Wildman–Crippen MR) is 254 cm³/mol.